The molecule has 0 aromatic carbocycles. The van der Waals surface area contributed by atoms with Crippen molar-refractivity contribution in [2.75, 3.05) is 12.3 Å². The molecule has 0 radical (unpaired) electrons. The van der Waals surface area contributed by atoms with E-state index in [1.807, 2.05) is 0 Å². The van der Waals surface area contributed by atoms with Crippen LogP contribution in [0.15, 0.2) is 11.0 Å². The number of nitrogens with two attached hydrogens (primary N) is 1. The fourth-order valence-corrected chi connectivity index (χ4v) is 1.87. The maximum atomic E-state index is 13.8. The van der Waals surface area contributed by atoms with Gasteiger partial charge in [0.05, 0.1) is 11.6 Å². The van der Waals surface area contributed by atoms with Crippen molar-refractivity contribution >= 4 is 17.4 Å². The van der Waals surface area contributed by atoms with E-state index in [4.69, 9.17) is 27.2 Å². The zero-order chi connectivity index (χ0) is 13.4. The third-order valence-electron chi connectivity index (χ3n) is 2.68. The number of hydrogen-bond acceptors (Lipinski definition) is 6. The molecule has 18 heavy (non-hydrogen) atoms. The fourth-order valence-electron chi connectivity index (χ4n) is 1.72. The van der Waals surface area contributed by atoms with Gasteiger partial charge in [0.15, 0.2) is 12.4 Å². The summed E-state index contributed by atoms with van der Waals surface area (Å²) in [7, 11) is 0. The Kier molecular flexibility index (Phi) is 3.53. The molecule has 0 spiro atoms. The van der Waals surface area contributed by atoms with Gasteiger partial charge in [-0.1, -0.05) is 11.6 Å². The van der Waals surface area contributed by atoms with Crippen LogP contribution >= 0.6 is 11.6 Å². The van der Waals surface area contributed by atoms with Gasteiger partial charge >= 0.3 is 5.69 Å². The fraction of sp³-hybridized carbons (Fsp3) is 0.556. The standard InChI is InChI=1S/C9H11ClFN3O4/c10-3-1-14(9(17)13-7(3)12)8-5(11)6(16)4(2-15)18-8/h1,4-6,8,15-16H,2H2,(H2,12,13,17)/t4-,5+,6?,8-/m1/s1/i11-1. The molecule has 1 fully saturated rings. The van der Waals surface area contributed by atoms with Gasteiger partial charge < -0.3 is 20.7 Å². The van der Waals surface area contributed by atoms with Gasteiger partial charge in [-0.3, -0.25) is 4.57 Å². The maximum Gasteiger partial charge on any atom is 0.351 e. The first-order chi connectivity index (χ1) is 8.45. The van der Waals surface area contributed by atoms with E-state index >= 15 is 0 Å². The van der Waals surface area contributed by atoms with E-state index in [1.54, 1.807) is 0 Å². The first-order valence-electron chi connectivity index (χ1n) is 5.08. The van der Waals surface area contributed by atoms with Crippen molar-refractivity contribution in [2.24, 2.45) is 0 Å². The molecule has 0 bridgehead atoms. The predicted octanol–water partition coefficient (Wildman–Crippen LogP) is -0.932. The minimum atomic E-state index is -1.87. The Morgan fingerprint density at radius 3 is 2.89 bits per heavy atom. The van der Waals surface area contributed by atoms with E-state index in [0.717, 1.165) is 10.8 Å². The monoisotopic (exact) mass is 278 g/mol. The molecular weight excluding hydrogens is 268 g/mol. The number of anilines is 1. The van der Waals surface area contributed by atoms with E-state index in [1.165, 1.54) is 0 Å². The molecule has 1 aliphatic heterocycles. The molecule has 1 aliphatic rings. The number of nitrogen functional groups attached to an aromatic ring is 1. The van der Waals surface area contributed by atoms with E-state index in [-0.39, 0.29) is 10.8 Å². The van der Waals surface area contributed by atoms with Gasteiger partial charge in [0, 0.05) is 6.20 Å². The maximum absolute atomic E-state index is 13.8. The molecule has 2 heterocycles. The number of aliphatic hydroxyl groups is 2. The van der Waals surface area contributed by atoms with Crippen LogP contribution in [-0.4, -0.2) is 44.8 Å². The highest BCUT2D eigenvalue weighted by Crippen LogP contribution is 2.31. The van der Waals surface area contributed by atoms with Crippen molar-refractivity contribution in [3.63, 3.8) is 0 Å². The first kappa shape index (κ1) is 13.2. The molecule has 4 atom stereocenters. The Hall–Kier alpha value is -1.22. The summed E-state index contributed by atoms with van der Waals surface area (Å²) in [6, 6.07) is 0. The second kappa shape index (κ2) is 4.81. The van der Waals surface area contributed by atoms with Crippen molar-refractivity contribution in [3.8, 4) is 0 Å². The van der Waals surface area contributed by atoms with Crippen LogP contribution < -0.4 is 11.4 Å². The van der Waals surface area contributed by atoms with Gasteiger partial charge in [-0.2, -0.15) is 4.98 Å². The van der Waals surface area contributed by atoms with Crippen LogP contribution in [0, 0.1) is 0 Å². The number of ether oxygens (including phenoxy) is 1. The zero-order valence-electron chi connectivity index (χ0n) is 9.03. The quantitative estimate of drug-likeness (QED) is 0.644. The van der Waals surface area contributed by atoms with Crippen LogP contribution in [0.4, 0.5) is 10.2 Å². The van der Waals surface area contributed by atoms with Crippen molar-refractivity contribution in [1.29, 1.82) is 0 Å². The molecule has 2 rings (SSSR count). The molecule has 1 aromatic heterocycles. The summed E-state index contributed by atoms with van der Waals surface area (Å²) in [6.45, 7) is -0.566. The number of alkyl halides is 1. The Balaban J connectivity index is 2.39. The number of halogens is 2. The van der Waals surface area contributed by atoms with Crippen molar-refractivity contribution in [1.82, 2.24) is 9.55 Å². The van der Waals surface area contributed by atoms with E-state index in [0.29, 0.717) is 0 Å². The summed E-state index contributed by atoms with van der Waals surface area (Å²) in [5, 5.41) is 18.3. The molecule has 0 amide bonds. The number of nitrogens with zero attached hydrogens (tertiary/aromatic N) is 2. The number of rotatable bonds is 2. The second-order valence-electron chi connectivity index (χ2n) is 3.85. The van der Waals surface area contributed by atoms with Crippen LogP contribution in [0.2, 0.25) is 5.02 Å². The topological polar surface area (TPSA) is 111 Å². The Morgan fingerprint density at radius 1 is 1.67 bits per heavy atom. The summed E-state index contributed by atoms with van der Waals surface area (Å²) < 4.78 is 19.6. The van der Waals surface area contributed by atoms with Crippen LogP contribution in [0.5, 0.6) is 0 Å². The van der Waals surface area contributed by atoms with Gasteiger partial charge in [-0.25, -0.2) is 9.18 Å². The smallest absolute Gasteiger partial charge is 0.351 e. The largest absolute Gasteiger partial charge is 0.394 e. The average molecular weight is 279 g/mol. The van der Waals surface area contributed by atoms with Gasteiger partial charge in [0.25, 0.3) is 0 Å². The highest BCUT2D eigenvalue weighted by Gasteiger charge is 2.45. The summed E-state index contributed by atoms with van der Waals surface area (Å²) in [6.07, 6.45) is -4.82. The molecule has 0 aliphatic carbocycles. The summed E-state index contributed by atoms with van der Waals surface area (Å²) in [4.78, 5) is 14.9. The van der Waals surface area contributed by atoms with Crippen molar-refractivity contribution in [3.05, 3.63) is 21.7 Å². The Bertz CT molecular complexity index is 511. The number of hydrogen-bond donors (Lipinski definition) is 3. The van der Waals surface area contributed by atoms with Gasteiger partial charge in [-0.15, -0.1) is 0 Å². The molecule has 1 saturated heterocycles. The lowest BCUT2D eigenvalue weighted by Gasteiger charge is -2.16. The summed E-state index contributed by atoms with van der Waals surface area (Å²) in [5.74, 6) is -0.175. The Labute approximate surface area is 106 Å². The lowest BCUT2D eigenvalue weighted by atomic mass is 10.1. The van der Waals surface area contributed by atoms with Crippen LogP contribution in [0.25, 0.3) is 0 Å². The molecule has 7 nitrogen and oxygen atoms in total. The van der Waals surface area contributed by atoms with Crippen molar-refractivity contribution < 1.29 is 19.3 Å². The first-order valence-corrected chi connectivity index (χ1v) is 5.46. The second-order valence-corrected chi connectivity index (χ2v) is 4.25. The minimum Gasteiger partial charge on any atom is -0.394 e. The molecule has 1 unspecified atom stereocenters. The third kappa shape index (κ3) is 2.07. The number of aromatic nitrogens is 2. The van der Waals surface area contributed by atoms with Crippen LogP contribution in [0.3, 0.4) is 0 Å². The normalized spacial score (nSPS) is 31.8. The van der Waals surface area contributed by atoms with Crippen molar-refractivity contribution in [2.45, 2.75) is 24.6 Å². The van der Waals surface area contributed by atoms with Gasteiger partial charge in [0.1, 0.15) is 18.0 Å². The molecule has 0 saturated carbocycles. The van der Waals surface area contributed by atoms with E-state index in [9.17, 15) is 14.3 Å². The van der Waals surface area contributed by atoms with E-state index in [2.05, 4.69) is 4.98 Å². The molecule has 1 aromatic rings. The predicted molar refractivity (Wildman–Crippen MR) is 59.8 cm³/mol. The number of aliphatic hydroxyl groups excluding tert-OH is 2. The Morgan fingerprint density at radius 2 is 2.33 bits per heavy atom. The summed E-state index contributed by atoms with van der Waals surface area (Å²) >= 11 is 5.68. The summed E-state index contributed by atoms with van der Waals surface area (Å²) in [5.41, 5.74) is 4.47. The van der Waals surface area contributed by atoms with Crippen LogP contribution in [0.1, 0.15) is 6.23 Å². The minimum absolute atomic E-state index is 0.0349. The lowest BCUT2D eigenvalue weighted by Crippen LogP contribution is -2.33. The highest BCUT2D eigenvalue weighted by molar-refractivity contribution is 6.32. The lowest BCUT2D eigenvalue weighted by molar-refractivity contribution is -0.0490. The van der Waals surface area contributed by atoms with Gasteiger partial charge in [-0.05, 0) is 0 Å². The molecule has 100 valence electrons. The molecule has 4 N–H and O–H groups in total. The molecule has 9 heteroatoms. The van der Waals surface area contributed by atoms with Crippen LogP contribution in [-0.2, 0) is 4.74 Å². The SMILES string of the molecule is Nc1nc(=O)n([C@@H]2O[C@H](CO)C(O)[C@@H]2[18F])cc1Cl. The van der Waals surface area contributed by atoms with E-state index < -0.39 is 36.9 Å². The molecular formula is C9H11ClFN3O4. The average Bonchev–Trinajstić information content (AvgIpc) is 2.61. The third-order valence-corrected chi connectivity index (χ3v) is 2.97. The zero-order valence-corrected chi connectivity index (χ0v) is 9.79. The highest BCUT2D eigenvalue weighted by atomic mass is 35.5. The van der Waals surface area contributed by atoms with Gasteiger partial charge in [0.2, 0.25) is 0 Å².